The lowest BCUT2D eigenvalue weighted by Gasteiger charge is -2.24. The second kappa shape index (κ2) is 8.94. The number of hydrogen-bond acceptors (Lipinski definition) is 5. The van der Waals surface area contributed by atoms with Crippen LogP contribution < -0.4 is 10.6 Å². The van der Waals surface area contributed by atoms with Gasteiger partial charge in [0.2, 0.25) is 5.91 Å². The Labute approximate surface area is 157 Å². The molecule has 0 saturated carbocycles. The zero-order valence-corrected chi connectivity index (χ0v) is 16.5. The second-order valence-corrected chi connectivity index (χ2v) is 8.15. The van der Waals surface area contributed by atoms with E-state index in [0.29, 0.717) is 0 Å². The van der Waals surface area contributed by atoms with Gasteiger partial charge in [0, 0.05) is 17.8 Å². The van der Waals surface area contributed by atoms with Gasteiger partial charge in [0.15, 0.2) is 0 Å². The summed E-state index contributed by atoms with van der Waals surface area (Å²) in [5, 5.41) is 11.8. The molecule has 2 N–H and O–H groups in total. The van der Waals surface area contributed by atoms with E-state index in [1.807, 2.05) is 6.92 Å². The molecule has 2 aromatic heterocycles. The number of halogens is 1. The lowest BCUT2D eigenvalue weighted by atomic mass is 9.98. The molecule has 1 fully saturated rings. The smallest absolute Gasteiger partial charge is 0.224 e. The topological polar surface area (TPSA) is 54.0 Å². The molecule has 0 aromatic carbocycles. The van der Waals surface area contributed by atoms with Crippen molar-refractivity contribution in [2.75, 3.05) is 13.1 Å². The summed E-state index contributed by atoms with van der Waals surface area (Å²) in [6.07, 6.45) is 2.85. The molecular weight excluding hydrogens is 362 g/mol. The van der Waals surface area contributed by atoms with Crippen molar-refractivity contribution >= 4 is 41.0 Å². The van der Waals surface area contributed by atoms with Crippen molar-refractivity contribution in [3.63, 3.8) is 0 Å². The largest absolute Gasteiger partial charge is 0.346 e. The van der Waals surface area contributed by atoms with Gasteiger partial charge in [-0.3, -0.25) is 4.79 Å². The van der Waals surface area contributed by atoms with Crippen LogP contribution >= 0.6 is 35.1 Å². The highest BCUT2D eigenvalue weighted by atomic mass is 35.5. The van der Waals surface area contributed by atoms with Crippen LogP contribution in [0.15, 0.2) is 16.8 Å². The van der Waals surface area contributed by atoms with E-state index in [1.54, 1.807) is 22.7 Å². The van der Waals surface area contributed by atoms with Crippen molar-refractivity contribution in [3.8, 4) is 0 Å². The number of aryl methyl sites for hydroxylation is 2. The van der Waals surface area contributed by atoms with Gasteiger partial charge in [0.1, 0.15) is 5.01 Å². The Bertz CT molecular complexity index is 631. The molecule has 132 valence electrons. The maximum atomic E-state index is 12.6. The number of piperidine rings is 1. The Kier molecular flexibility index (Phi) is 7.22. The summed E-state index contributed by atoms with van der Waals surface area (Å²) in [4.78, 5) is 18.5. The molecule has 3 heterocycles. The Morgan fingerprint density at radius 2 is 2.33 bits per heavy atom. The molecule has 2 atom stereocenters. The summed E-state index contributed by atoms with van der Waals surface area (Å²) in [7, 11) is 0. The molecule has 0 radical (unpaired) electrons. The first-order valence-electron chi connectivity index (χ1n) is 8.09. The lowest BCUT2D eigenvalue weighted by molar-refractivity contribution is -0.126. The summed E-state index contributed by atoms with van der Waals surface area (Å²) >= 11 is 3.39. The molecule has 1 aliphatic heterocycles. The fraction of sp³-hybridized carbons (Fsp3) is 0.529. The molecule has 0 aliphatic carbocycles. The molecule has 0 bridgehead atoms. The monoisotopic (exact) mass is 385 g/mol. The van der Waals surface area contributed by atoms with Crippen LogP contribution in [-0.4, -0.2) is 24.0 Å². The van der Waals surface area contributed by atoms with Gasteiger partial charge in [-0.05, 0) is 55.6 Å². The number of carbonyl (C=O) groups excluding carboxylic acids is 1. The number of nitrogens with zero attached hydrogens (tertiary/aromatic N) is 1. The van der Waals surface area contributed by atoms with Gasteiger partial charge >= 0.3 is 0 Å². The van der Waals surface area contributed by atoms with Gasteiger partial charge in [-0.2, -0.15) is 11.3 Å². The van der Waals surface area contributed by atoms with Crippen molar-refractivity contribution < 1.29 is 4.79 Å². The van der Waals surface area contributed by atoms with Crippen LogP contribution in [0, 0.1) is 19.8 Å². The van der Waals surface area contributed by atoms with Gasteiger partial charge in [-0.1, -0.05) is 0 Å². The Morgan fingerprint density at radius 1 is 1.50 bits per heavy atom. The van der Waals surface area contributed by atoms with Crippen LogP contribution in [-0.2, 0) is 11.2 Å². The molecule has 4 nitrogen and oxygen atoms in total. The highest BCUT2D eigenvalue weighted by Crippen LogP contribution is 2.27. The van der Waals surface area contributed by atoms with Crippen LogP contribution in [0.1, 0.15) is 40.0 Å². The van der Waals surface area contributed by atoms with Crippen molar-refractivity contribution in [1.82, 2.24) is 15.6 Å². The summed E-state index contributed by atoms with van der Waals surface area (Å²) in [5.74, 6) is 0.235. The van der Waals surface area contributed by atoms with Crippen LogP contribution in [0.25, 0.3) is 0 Å². The highest BCUT2D eigenvalue weighted by Gasteiger charge is 2.25. The molecule has 1 aliphatic rings. The molecule has 2 aromatic rings. The first-order valence-corrected chi connectivity index (χ1v) is 9.85. The third-order valence-corrected chi connectivity index (χ3v) is 6.27. The lowest BCUT2D eigenvalue weighted by Crippen LogP contribution is -2.42. The molecule has 24 heavy (non-hydrogen) atoms. The number of amides is 1. The predicted octanol–water partition coefficient (Wildman–Crippen LogP) is 3.64. The van der Waals surface area contributed by atoms with Crippen LogP contribution in [0.2, 0.25) is 0 Å². The summed E-state index contributed by atoms with van der Waals surface area (Å²) in [5.41, 5.74) is 2.32. The highest BCUT2D eigenvalue weighted by molar-refractivity contribution is 7.11. The van der Waals surface area contributed by atoms with Crippen molar-refractivity contribution in [2.45, 2.75) is 39.2 Å². The Hall–Kier alpha value is -0.950. The van der Waals surface area contributed by atoms with Crippen molar-refractivity contribution in [2.24, 2.45) is 5.92 Å². The van der Waals surface area contributed by atoms with Crippen LogP contribution in [0.3, 0.4) is 0 Å². The van der Waals surface area contributed by atoms with E-state index < -0.39 is 0 Å². The van der Waals surface area contributed by atoms with Crippen LogP contribution in [0.5, 0.6) is 0 Å². The predicted molar refractivity (Wildman–Crippen MR) is 103 cm³/mol. The van der Waals surface area contributed by atoms with E-state index in [2.05, 4.69) is 39.4 Å². The molecular formula is C17H24ClN3OS2. The number of thiazole rings is 1. The molecule has 2 unspecified atom stereocenters. The van der Waals surface area contributed by atoms with Gasteiger partial charge in [-0.25, -0.2) is 4.98 Å². The van der Waals surface area contributed by atoms with E-state index in [1.165, 1.54) is 10.4 Å². The first kappa shape index (κ1) is 19.4. The standard InChI is InChI=1S/C17H23N3OS2.ClH/c1-11-12(2)23-17(19-11)15(8-13-5-7-22-10-13)20-16(21)14-4-3-6-18-9-14;/h5,7,10,14-15,18H,3-4,6,8-9H2,1-2H3,(H,20,21);1H. The fourth-order valence-electron chi connectivity index (χ4n) is 2.86. The van der Waals surface area contributed by atoms with Gasteiger partial charge in [0.05, 0.1) is 17.7 Å². The normalized spacial score (nSPS) is 18.7. The number of carbonyl (C=O) groups is 1. The van der Waals surface area contributed by atoms with E-state index in [9.17, 15) is 4.79 Å². The molecule has 7 heteroatoms. The number of hydrogen-bond donors (Lipinski definition) is 2. The molecule has 1 amide bonds. The summed E-state index contributed by atoms with van der Waals surface area (Å²) in [6.45, 7) is 5.93. The molecule has 3 rings (SSSR count). The van der Waals surface area contributed by atoms with E-state index in [-0.39, 0.29) is 30.3 Å². The van der Waals surface area contributed by atoms with Crippen molar-refractivity contribution in [3.05, 3.63) is 38.0 Å². The maximum absolute atomic E-state index is 12.6. The fourth-order valence-corrected chi connectivity index (χ4v) is 4.51. The minimum Gasteiger partial charge on any atom is -0.346 e. The van der Waals surface area contributed by atoms with Crippen LogP contribution in [0.4, 0.5) is 0 Å². The van der Waals surface area contributed by atoms with Gasteiger partial charge < -0.3 is 10.6 Å². The minimum absolute atomic E-state index is 0. The number of rotatable bonds is 5. The average molecular weight is 386 g/mol. The Balaban J connectivity index is 0.00000208. The zero-order chi connectivity index (χ0) is 16.2. The number of thiophene rings is 1. The Morgan fingerprint density at radius 3 is 2.92 bits per heavy atom. The third kappa shape index (κ3) is 4.79. The second-order valence-electron chi connectivity index (χ2n) is 6.13. The average Bonchev–Trinajstić information content (AvgIpc) is 3.18. The third-order valence-electron chi connectivity index (χ3n) is 4.35. The van der Waals surface area contributed by atoms with Crippen molar-refractivity contribution in [1.29, 1.82) is 0 Å². The SMILES string of the molecule is Cc1nc(C(Cc2ccsc2)NC(=O)C2CCCNC2)sc1C.Cl. The van der Waals surface area contributed by atoms with E-state index in [4.69, 9.17) is 0 Å². The maximum Gasteiger partial charge on any atom is 0.224 e. The van der Waals surface area contributed by atoms with Gasteiger partial charge in [0.25, 0.3) is 0 Å². The summed E-state index contributed by atoms with van der Waals surface area (Å²) < 4.78 is 0. The zero-order valence-electron chi connectivity index (χ0n) is 14.0. The quantitative estimate of drug-likeness (QED) is 0.826. The van der Waals surface area contributed by atoms with E-state index in [0.717, 1.165) is 43.1 Å². The molecule has 0 spiro atoms. The van der Waals surface area contributed by atoms with Gasteiger partial charge in [-0.15, -0.1) is 23.7 Å². The number of nitrogens with one attached hydrogen (secondary N) is 2. The number of aromatic nitrogens is 1. The minimum atomic E-state index is -0.0311. The van der Waals surface area contributed by atoms with E-state index >= 15 is 0 Å². The molecule has 1 saturated heterocycles. The summed E-state index contributed by atoms with van der Waals surface area (Å²) in [6, 6.07) is 2.09. The first-order chi connectivity index (χ1) is 11.1.